The monoisotopic (exact) mass is 998 g/mol. The molecule has 1 amide bonds. The first-order valence-corrected chi connectivity index (χ1v) is 28.4. The van der Waals surface area contributed by atoms with E-state index in [1.54, 1.807) is 6.08 Å². The van der Waals surface area contributed by atoms with Gasteiger partial charge in [-0.1, -0.05) is 228 Å². The van der Waals surface area contributed by atoms with Gasteiger partial charge in [-0.05, 0) is 70.6 Å². The van der Waals surface area contributed by atoms with Crippen LogP contribution in [0, 0.1) is 0 Å². The lowest BCUT2D eigenvalue weighted by atomic mass is 9.99. The fraction of sp³-hybridized carbons (Fsp3) is 0.733. The predicted molar refractivity (Wildman–Crippen MR) is 292 cm³/mol. The van der Waals surface area contributed by atoms with Crippen molar-refractivity contribution in [2.75, 3.05) is 13.2 Å². The van der Waals surface area contributed by atoms with Crippen molar-refractivity contribution in [3.05, 3.63) is 85.1 Å². The van der Waals surface area contributed by atoms with Crippen LogP contribution in [0.1, 0.15) is 220 Å². The Morgan fingerprint density at radius 1 is 0.563 bits per heavy atom. The normalized spacial score (nSPS) is 20.3. The number of ether oxygens (including phenoxy) is 3. The van der Waals surface area contributed by atoms with Crippen LogP contribution in [0.25, 0.3) is 0 Å². The summed E-state index contributed by atoms with van der Waals surface area (Å²) in [5.41, 5.74) is 0. The zero-order valence-electron chi connectivity index (χ0n) is 44.8. The van der Waals surface area contributed by atoms with Crippen molar-refractivity contribution in [3.63, 3.8) is 0 Å². The number of nitrogens with one attached hydrogen (secondary N) is 1. The highest BCUT2D eigenvalue weighted by Crippen LogP contribution is 2.26. The molecule has 6 N–H and O–H groups in total. The Morgan fingerprint density at radius 2 is 1.03 bits per heavy atom. The lowest BCUT2D eigenvalue weighted by Crippen LogP contribution is -2.61. The molecule has 0 aliphatic carbocycles. The maximum atomic E-state index is 13.4. The average Bonchev–Trinajstić information content (AvgIpc) is 3.37. The molecule has 71 heavy (non-hydrogen) atoms. The minimum Gasteiger partial charge on any atom is -0.454 e. The van der Waals surface area contributed by atoms with Gasteiger partial charge in [-0.25, -0.2) is 0 Å². The molecule has 11 nitrogen and oxygen atoms in total. The number of aliphatic hydroxyl groups excluding tert-OH is 5. The Hall–Kier alpha value is -3.16. The predicted octanol–water partition coefficient (Wildman–Crippen LogP) is 12.6. The van der Waals surface area contributed by atoms with E-state index in [2.05, 4.69) is 50.4 Å². The maximum absolute atomic E-state index is 13.4. The van der Waals surface area contributed by atoms with Crippen molar-refractivity contribution >= 4 is 11.9 Å². The Kier molecular flexibility index (Phi) is 44.4. The maximum Gasteiger partial charge on any atom is 0.306 e. The van der Waals surface area contributed by atoms with E-state index in [4.69, 9.17) is 14.2 Å². The van der Waals surface area contributed by atoms with Crippen LogP contribution in [0.2, 0.25) is 0 Å². The number of amides is 1. The van der Waals surface area contributed by atoms with Crippen molar-refractivity contribution in [2.24, 2.45) is 0 Å². The molecule has 8 unspecified atom stereocenters. The number of unbranched alkanes of at least 4 members (excludes halogenated alkanes) is 24. The SMILES string of the molecule is CC/C=C/C=C/C=C\C=C/C=C/CCCCCC(=O)OC1C(OCC(NC(=O)C(O)CCCCCCCC/C=C/CCCCCCCC)C(O)/C=C/CCCCCCCCCCC)OC(CO)C(O)C1O. The Bertz CT molecular complexity index is 1470. The standard InChI is InChI=1S/C60H103NO10/c1-4-7-10-13-16-19-22-24-26-28-29-32-35-38-41-44-47-53(64)59(68)61-51(52(63)46-43-40-37-34-31-21-18-15-12-9-6-3)50-69-60-58(57(67)56(66)54(49-62)70-60)71-55(65)48-45-42-39-36-33-30-27-25-23-20-17-14-11-8-5-2/h8,11,14,17,20,23-27,30,33,43,46,51-54,56-58,60,62-64,66-67H,4-7,9-10,12-13,15-16,18-19,21-22,28-29,31-32,34-42,44-45,47-50H2,1-3H3,(H,61,68)/b11-8+,17-14+,23-20-,26-24+,27-25-,33-30+,46-43+. The van der Waals surface area contributed by atoms with Gasteiger partial charge in [0.15, 0.2) is 12.4 Å². The van der Waals surface area contributed by atoms with Crippen LogP contribution < -0.4 is 5.32 Å². The van der Waals surface area contributed by atoms with Gasteiger partial charge >= 0.3 is 5.97 Å². The van der Waals surface area contributed by atoms with Crippen LogP contribution in [0.15, 0.2) is 85.1 Å². The summed E-state index contributed by atoms with van der Waals surface area (Å²) in [6, 6.07) is -1.04. The van der Waals surface area contributed by atoms with E-state index in [0.717, 1.165) is 83.5 Å². The van der Waals surface area contributed by atoms with E-state index in [1.807, 2.05) is 54.7 Å². The molecule has 1 aliphatic rings. The lowest BCUT2D eigenvalue weighted by molar-refractivity contribution is -0.305. The first-order valence-electron chi connectivity index (χ1n) is 28.4. The Balaban J connectivity index is 2.76. The molecule has 0 radical (unpaired) electrons. The van der Waals surface area contributed by atoms with Crippen LogP contribution in [0.4, 0.5) is 0 Å². The third kappa shape index (κ3) is 36.4. The fourth-order valence-electron chi connectivity index (χ4n) is 8.37. The molecule has 0 aromatic rings. The smallest absolute Gasteiger partial charge is 0.306 e. The molecule has 408 valence electrons. The van der Waals surface area contributed by atoms with Gasteiger partial charge in [-0.15, -0.1) is 0 Å². The van der Waals surface area contributed by atoms with Crippen molar-refractivity contribution < 1.29 is 49.3 Å². The minimum atomic E-state index is -1.63. The zero-order valence-corrected chi connectivity index (χ0v) is 44.8. The number of rotatable bonds is 46. The van der Waals surface area contributed by atoms with E-state index >= 15 is 0 Å². The molecule has 0 spiro atoms. The van der Waals surface area contributed by atoms with Crippen molar-refractivity contribution in [1.82, 2.24) is 5.32 Å². The zero-order chi connectivity index (χ0) is 51.8. The topological polar surface area (TPSA) is 175 Å². The van der Waals surface area contributed by atoms with Gasteiger partial charge in [0.25, 0.3) is 0 Å². The van der Waals surface area contributed by atoms with Gasteiger partial charge in [0, 0.05) is 6.42 Å². The molecule has 8 atom stereocenters. The highest BCUT2D eigenvalue weighted by atomic mass is 16.7. The number of esters is 1. The first kappa shape index (κ1) is 65.9. The van der Waals surface area contributed by atoms with Crippen LogP contribution >= 0.6 is 0 Å². The van der Waals surface area contributed by atoms with Gasteiger partial charge in [0.1, 0.15) is 24.4 Å². The Morgan fingerprint density at radius 3 is 1.56 bits per heavy atom. The quantitative estimate of drug-likeness (QED) is 0.0149. The molecule has 1 aliphatic heterocycles. The van der Waals surface area contributed by atoms with E-state index < -0.39 is 67.4 Å². The third-order valence-corrected chi connectivity index (χ3v) is 12.9. The summed E-state index contributed by atoms with van der Waals surface area (Å²) >= 11 is 0. The Labute approximate surface area is 432 Å². The van der Waals surface area contributed by atoms with Crippen molar-refractivity contribution in [1.29, 1.82) is 0 Å². The number of hydrogen-bond acceptors (Lipinski definition) is 10. The highest BCUT2D eigenvalue weighted by Gasteiger charge is 2.47. The van der Waals surface area contributed by atoms with Crippen LogP contribution in [0.3, 0.4) is 0 Å². The molecule has 0 aromatic heterocycles. The second kappa shape index (κ2) is 47.8. The number of aliphatic hydroxyl groups is 5. The number of carbonyl (C=O) groups excluding carboxylic acids is 2. The number of carbonyl (C=O) groups is 2. The summed E-state index contributed by atoms with van der Waals surface area (Å²) in [4.78, 5) is 26.4. The van der Waals surface area contributed by atoms with Crippen LogP contribution in [-0.4, -0.2) is 99.6 Å². The van der Waals surface area contributed by atoms with Gasteiger partial charge < -0.3 is 45.1 Å². The summed E-state index contributed by atoms with van der Waals surface area (Å²) in [5, 5.41) is 56.7. The van der Waals surface area contributed by atoms with Crippen LogP contribution in [-0.2, 0) is 23.8 Å². The molecule has 1 saturated heterocycles. The summed E-state index contributed by atoms with van der Waals surface area (Å²) < 4.78 is 17.5. The van der Waals surface area contributed by atoms with E-state index in [9.17, 15) is 35.1 Å². The largest absolute Gasteiger partial charge is 0.454 e. The van der Waals surface area contributed by atoms with E-state index in [-0.39, 0.29) is 19.4 Å². The van der Waals surface area contributed by atoms with Crippen molar-refractivity contribution in [3.8, 4) is 0 Å². The lowest BCUT2D eigenvalue weighted by Gasteiger charge is -2.41. The molecule has 0 saturated carbocycles. The average molecular weight is 998 g/mol. The van der Waals surface area contributed by atoms with E-state index in [1.165, 1.54) is 89.9 Å². The molecule has 1 rings (SSSR count). The summed E-state index contributed by atoms with van der Waals surface area (Å²) in [5.74, 6) is -1.25. The molecule has 1 fully saturated rings. The number of allylic oxidation sites excluding steroid dienone is 13. The second-order valence-electron chi connectivity index (χ2n) is 19.4. The molecule has 0 aromatic carbocycles. The summed E-state index contributed by atoms with van der Waals surface area (Å²) in [6.45, 7) is 5.58. The van der Waals surface area contributed by atoms with Gasteiger partial charge in [0.05, 0.1) is 25.4 Å². The summed E-state index contributed by atoms with van der Waals surface area (Å²) in [6.07, 6.45) is 50.5. The fourth-order valence-corrected chi connectivity index (χ4v) is 8.37. The minimum absolute atomic E-state index is 0.0703. The molecule has 11 heteroatoms. The molecular formula is C60H103NO10. The van der Waals surface area contributed by atoms with Crippen LogP contribution in [0.5, 0.6) is 0 Å². The first-order chi connectivity index (χ1) is 34.7. The summed E-state index contributed by atoms with van der Waals surface area (Å²) in [7, 11) is 0. The third-order valence-electron chi connectivity index (χ3n) is 12.9. The highest BCUT2D eigenvalue weighted by molar-refractivity contribution is 5.80. The number of hydrogen-bond donors (Lipinski definition) is 6. The van der Waals surface area contributed by atoms with E-state index in [0.29, 0.717) is 12.8 Å². The van der Waals surface area contributed by atoms with Gasteiger partial charge in [0.2, 0.25) is 5.91 Å². The van der Waals surface area contributed by atoms with Gasteiger partial charge in [-0.3, -0.25) is 9.59 Å². The molecule has 0 bridgehead atoms. The van der Waals surface area contributed by atoms with Gasteiger partial charge in [-0.2, -0.15) is 0 Å². The van der Waals surface area contributed by atoms with Crippen molar-refractivity contribution in [2.45, 2.75) is 269 Å². The molecular weight excluding hydrogens is 895 g/mol. The molecule has 1 heterocycles. The second-order valence-corrected chi connectivity index (χ2v) is 19.4.